The van der Waals surface area contributed by atoms with Gasteiger partial charge in [-0.2, -0.15) is 0 Å². The first-order valence-electron chi connectivity index (χ1n) is 6.09. The van der Waals surface area contributed by atoms with Crippen LogP contribution >= 0.6 is 0 Å². The molecule has 1 N–H and O–H groups in total. The molecule has 0 aliphatic carbocycles. The lowest BCUT2D eigenvalue weighted by atomic mass is 10.2. The average Bonchev–Trinajstić information content (AvgIpc) is 2.40. The Morgan fingerprint density at radius 1 is 1.26 bits per heavy atom. The molecule has 19 heavy (non-hydrogen) atoms. The Labute approximate surface area is 112 Å². The maximum absolute atomic E-state index is 11.9. The molecule has 98 valence electrons. The van der Waals surface area contributed by atoms with E-state index in [1.165, 1.54) is 0 Å². The molecule has 0 spiro atoms. The molecule has 1 unspecified atom stereocenters. The predicted molar refractivity (Wildman–Crippen MR) is 74.1 cm³/mol. The Balaban J connectivity index is 1.96. The topological polar surface area (TPSA) is 51.2 Å². The first kappa shape index (κ1) is 13.1. The van der Waals surface area contributed by atoms with Gasteiger partial charge in [-0.05, 0) is 43.7 Å². The van der Waals surface area contributed by atoms with Gasteiger partial charge < -0.3 is 10.1 Å². The van der Waals surface area contributed by atoms with Crippen LogP contribution in [-0.2, 0) is 4.79 Å². The first-order valence-corrected chi connectivity index (χ1v) is 6.09. The summed E-state index contributed by atoms with van der Waals surface area (Å²) in [4.78, 5) is 15.8. The van der Waals surface area contributed by atoms with Crippen molar-refractivity contribution in [3.05, 3.63) is 54.4 Å². The molecule has 0 aliphatic heterocycles. The summed E-state index contributed by atoms with van der Waals surface area (Å²) < 4.78 is 5.60. The fourth-order valence-corrected chi connectivity index (χ4v) is 1.63. The third-order valence-electron chi connectivity index (χ3n) is 2.62. The second kappa shape index (κ2) is 6.00. The van der Waals surface area contributed by atoms with Crippen LogP contribution < -0.4 is 10.1 Å². The van der Waals surface area contributed by atoms with Crippen LogP contribution in [0.1, 0.15) is 12.5 Å². The van der Waals surface area contributed by atoms with E-state index in [2.05, 4.69) is 10.3 Å². The number of anilines is 1. The number of hydrogen-bond acceptors (Lipinski definition) is 3. The van der Waals surface area contributed by atoms with E-state index in [0.29, 0.717) is 11.4 Å². The molecule has 0 bridgehead atoms. The third-order valence-corrected chi connectivity index (χ3v) is 2.62. The number of carbonyl (C=O) groups is 1. The number of pyridine rings is 1. The van der Waals surface area contributed by atoms with Gasteiger partial charge in [0.05, 0.1) is 0 Å². The zero-order valence-electron chi connectivity index (χ0n) is 11.0. The number of nitrogens with one attached hydrogen (secondary N) is 1. The summed E-state index contributed by atoms with van der Waals surface area (Å²) in [6.07, 6.45) is 2.69. The number of hydrogen-bond donors (Lipinski definition) is 1. The molecule has 4 nitrogen and oxygen atoms in total. The van der Waals surface area contributed by atoms with Crippen molar-refractivity contribution < 1.29 is 9.53 Å². The van der Waals surface area contributed by atoms with Crippen molar-refractivity contribution in [1.82, 2.24) is 4.98 Å². The number of aryl methyl sites for hydroxylation is 1. The maximum atomic E-state index is 11.9. The van der Waals surface area contributed by atoms with E-state index in [9.17, 15) is 4.79 Å². The van der Waals surface area contributed by atoms with Crippen LogP contribution in [0.5, 0.6) is 5.75 Å². The smallest absolute Gasteiger partial charge is 0.265 e. The van der Waals surface area contributed by atoms with Crippen molar-refractivity contribution in [2.75, 3.05) is 5.32 Å². The number of amides is 1. The van der Waals surface area contributed by atoms with Crippen molar-refractivity contribution in [2.45, 2.75) is 20.0 Å². The molecule has 0 saturated heterocycles. The predicted octanol–water partition coefficient (Wildman–Crippen LogP) is 2.80. The summed E-state index contributed by atoms with van der Waals surface area (Å²) in [5.41, 5.74) is 1.80. The number of ether oxygens (including phenoxy) is 1. The number of aromatic nitrogens is 1. The fourth-order valence-electron chi connectivity index (χ4n) is 1.63. The van der Waals surface area contributed by atoms with E-state index in [1.807, 2.05) is 31.2 Å². The molecule has 1 aromatic heterocycles. The lowest BCUT2D eigenvalue weighted by Crippen LogP contribution is -2.30. The lowest BCUT2D eigenvalue weighted by molar-refractivity contribution is -0.122. The molecule has 4 heteroatoms. The van der Waals surface area contributed by atoms with E-state index < -0.39 is 6.10 Å². The minimum absolute atomic E-state index is 0.187. The standard InChI is InChI=1S/C15H16N2O2/c1-11-4-3-5-14(10-11)19-12(2)15(18)17-13-6-8-16-9-7-13/h3-10,12H,1-2H3,(H,16,17,18). The van der Waals surface area contributed by atoms with Gasteiger partial charge in [0.2, 0.25) is 0 Å². The number of rotatable bonds is 4. The van der Waals surface area contributed by atoms with Gasteiger partial charge in [-0.25, -0.2) is 0 Å². The zero-order chi connectivity index (χ0) is 13.7. The van der Waals surface area contributed by atoms with E-state index in [-0.39, 0.29) is 5.91 Å². The first-order chi connectivity index (χ1) is 9.15. The van der Waals surface area contributed by atoms with Gasteiger partial charge in [0.15, 0.2) is 6.10 Å². The van der Waals surface area contributed by atoms with Crippen LogP contribution in [0.15, 0.2) is 48.8 Å². The SMILES string of the molecule is Cc1cccc(OC(C)C(=O)Nc2ccncc2)c1. The summed E-state index contributed by atoms with van der Waals surface area (Å²) in [5.74, 6) is 0.505. The maximum Gasteiger partial charge on any atom is 0.265 e. The minimum Gasteiger partial charge on any atom is -0.481 e. The number of carbonyl (C=O) groups excluding carboxylic acids is 1. The summed E-state index contributed by atoms with van der Waals surface area (Å²) in [6.45, 7) is 3.70. The molecule has 0 radical (unpaired) electrons. The van der Waals surface area contributed by atoms with Gasteiger partial charge in [-0.3, -0.25) is 9.78 Å². The Morgan fingerprint density at radius 2 is 2.00 bits per heavy atom. The van der Waals surface area contributed by atoms with Crippen molar-refractivity contribution in [1.29, 1.82) is 0 Å². The lowest BCUT2D eigenvalue weighted by Gasteiger charge is -2.15. The van der Waals surface area contributed by atoms with Crippen molar-refractivity contribution >= 4 is 11.6 Å². The van der Waals surface area contributed by atoms with E-state index >= 15 is 0 Å². The summed E-state index contributed by atoms with van der Waals surface area (Å²) >= 11 is 0. The molecule has 1 atom stereocenters. The Bertz CT molecular complexity index is 555. The van der Waals surface area contributed by atoms with Gasteiger partial charge in [-0.15, -0.1) is 0 Å². The van der Waals surface area contributed by atoms with Crippen molar-refractivity contribution in [3.8, 4) is 5.75 Å². The number of benzene rings is 1. The minimum atomic E-state index is -0.560. The molecule has 1 amide bonds. The van der Waals surface area contributed by atoms with Gasteiger partial charge in [0, 0.05) is 18.1 Å². The highest BCUT2D eigenvalue weighted by atomic mass is 16.5. The van der Waals surface area contributed by atoms with Crippen LogP contribution in [0.4, 0.5) is 5.69 Å². The van der Waals surface area contributed by atoms with Crippen LogP contribution in [0.25, 0.3) is 0 Å². The van der Waals surface area contributed by atoms with Crippen LogP contribution in [0.2, 0.25) is 0 Å². The molecule has 0 fully saturated rings. The number of nitrogens with zero attached hydrogens (tertiary/aromatic N) is 1. The quantitative estimate of drug-likeness (QED) is 0.915. The van der Waals surface area contributed by atoms with Crippen LogP contribution in [0.3, 0.4) is 0 Å². The molecular formula is C15H16N2O2. The fraction of sp³-hybridized carbons (Fsp3) is 0.200. The summed E-state index contributed by atoms with van der Waals surface area (Å²) in [7, 11) is 0. The van der Waals surface area contributed by atoms with Crippen LogP contribution in [0, 0.1) is 6.92 Å². The molecule has 0 aliphatic rings. The van der Waals surface area contributed by atoms with Gasteiger partial charge >= 0.3 is 0 Å². The molecule has 1 aromatic carbocycles. The largest absolute Gasteiger partial charge is 0.481 e. The highest BCUT2D eigenvalue weighted by molar-refractivity contribution is 5.93. The molecular weight excluding hydrogens is 240 g/mol. The summed E-state index contributed by atoms with van der Waals surface area (Å²) in [6, 6.07) is 11.1. The van der Waals surface area contributed by atoms with Crippen molar-refractivity contribution in [3.63, 3.8) is 0 Å². The average molecular weight is 256 g/mol. The summed E-state index contributed by atoms with van der Waals surface area (Å²) in [5, 5.41) is 2.77. The molecule has 0 saturated carbocycles. The highest BCUT2D eigenvalue weighted by Crippen LogP contribution is 2.15. The Morgan fingerprint density at radius 3 is 2.68 bits per heavy atom. The Hall–Kier alpha value is -2.36. The monoisotopic (exact) mass is 256 g/mol. The van der Waals surface area contributed by atoms with Gasteiger partial charge in [0.1, 0.15) is 5.75 Å². The third kappa shape index (κ3) is 3.81. The molecule has 1 heterocycles. The Kier molecular flexibility index (Phi) is 4.13. The molecule has 2 aromatic rings. The van der Waals surface area contributed by atoms with Crippen LogP contribution in [-0.4, -0.2) is 17.0 Å². The second-order valence-corrected chi connectivity index (χ2v) is 4.30. The van der Waals surface area contributed by atoms with Gasteiger partial charge in [0.25, 0.3) is 5.91 Å². The van der Waals surface area contributed by atoms with E-state index in [1.54, 1.807) is 31.5 Å². The normalized spacial score (nSPS) is 11.7. The van der Waals surface area contributed by atoms with Gasteiger partial charge in [-0.1, -0.05) is 12.1 Å². The molecule has 2 rings (SSSR count). The van der Waals surface area contributed by atoms with E-state index in [0.717, 1.165) is 5.56 Å². The highest BCUT2D eigenvalue weighted by Gasteiger charge is 2.14. The zero-order valence-corrected chi connectivity index (χ0v) is 11.0. The van der Waals surface area contributed by atoms with Crippen molar-refractivity contribution in [2.24, 2.45) is 0 Å². The van der Waals surface area contributed by atoms with E-state index in [4.69, 9.17) is 4.74 Å². The second-order valence-electron chi connectivity index (χ2n) is 4.30.